The minimum absolute atomic E-state index is 0.145. The Balaban J connectivity index is 2.81. The van der Waals surface area contributed by atoms with Gasteiger partial charge in [-0.05, 0) is 13.0 Å². The second-order valence-corrected chi connectivity index (χ2v) is 5.25. The number of fused-ring (bicyclic) bond motifs is 1. The van der Waals surface area contributed by atoms with Crippen molar-refractivity contribution in [1.29, 1.82) is 0 Å². The van der Waals surface area contributed by atoms with Gasteiger partial charge in [-0.15, -0.1) is 11.3 Å². The normalized spacial score (nSPS) is 11.6. The fourth-order valence-corrected chi connectivity index (χ4v) is 3.13. The van der Waals surface area contributed by atoms with E-state index in [0.717, 1.165) is 11.3 Å². The molecule has 22 heavy (non-hydrogen) atoms. The molecule has 9 heteroatoms. The second-order valence-electron chi connectivity index (χ2n) is 4.22. The molecule has 0 spiro atoms. The minimum Gasteiger partial charge on any atom is -0.477 e. The van der Waals surface area contributed by atoms with Crippen molar-refractivity contribution in [1.82, 2.24) is 4.57 Å². The van der Waals surface area contributed by atoms with Crippen LogP contribution in [-0.2, 0) is 16.2 Å². The van der Waals surface area contributed by atoms with Crippen molar-refractivity contribution in [3.63, 3.8) is 0 Å². The van der Waals surface area contributed by atoms with Crippen LogP contribution in [-0.4, -0.2) is 39.5 Å². The first-order valence-corrected chi connectivity index (χ1v) is 6.97. The van der Waals surface area contributed by atoms with Gasteiger partial charge in [-0.25, -0.2) is 9.59 Å². The van der Waals surface area contributed by atoms with Gasteiger partial charge >= 0.3 is 11.9 Å². The van der Waals surface area contributed by atoms with Crippen molar-refractivity contribution >= 4 is 39.2 Å². The molecule has 8 nitrogen and oxygen atoms in total. The van der Waals surface area contributed by atoms with Crippen LogP contribution in [0, 0.1) is 0 Å². The topological polar surface area (TPSA) is 118 Å². The Morgan fingerprint density at radius 3 is 2.59 bits per heavy atom. The maximum Gasteiger partial charge on any atom is 0.359 e. The van der Waals surface area contributed by atoms with E-state index in [-0.39, 0.29) is 21.5 Å². The molecular formula is C13H12N2O6S. The van der Waals surface area contributed by atoms with E-state index in [2.05, 4.69) is 9.99 Å². The molecule has 2 heterocycles. The Labute approximate surface area is 127 Å². The molecule has 0 aliphatic rings. The van der Waals surface area contributed by atoms with Gasteiger partial charge in [-0.3, -0.25) is 4.79 Å². The highest BCUT2D eigenvalue weighted by Crippen LogP contribution is 2.25. The van der Waals surface area contributed by atoms with Crippen LogP contribution in [0.15, 0.2) is 22.2 Å². The van der Waals surface area contributed by atoms with Gasteiger partial charge < -0.3 is 19.6 Å². The Hall–Kier alpha value is -2.68. The maximum absolute atomic E-state index is 12.2. The SMILES string of the molecule is CCn1cc(C(=O)O)c(=O)c2cc(C(=NOC)C(=O)O)sc21. The standard InChI is InChI=1S/C13H12N2O6S/c1-3-15-5-7(12(17)18)10(16)6-4-8(22-11(6)15)9(13(19)20)14-21-2/h4-5H,3H2,1-2H3,(H,17,18)(H,19,20). The predicted octanol–water partition coefficient (Wildman–Crippen LogP) is 1.22. The summed E-state index contributed by atoms with van der Waals surface area (Å²) in [6.45, 7) is 2.22. The number of nitrogens with zero attached hydrogens (tertiary/aromatic N) is 2. The number of carboxylic acid groups (broad SMARTS) is 2. The number of hydrogen-bond acceptors (Lipinski definition) is 6. The summed E-state index contributed by atoms with van der Waals surface area (Å²) in [5.74, 6) is -2.63. The third-order valence-electron chi connectivity index (χ3n) is 2.94. The van der Waals surface area contributed by atoms with Crippen LogP contribution in [0.4, 0.5) is 0 Å². The zero-order chi connectivity index (χ0) is 16.4. The molecule has 0 aromatic carbocycles. The van der Waals surface area contributed by atoms with Gasteiger partial charge in [-0.1, -0.05) is 5.16 Å². The van der Waals surface area contributed by atoms with Crippen LogP contribution >= 0.6 is 11.3 Å². The van der Waals surface area contributed by atoms with E-state index < -0.39 is 17.4 Å². The summed E-state index contributed by atoms with van der Waals surface area (Å²) in [6.07, 6.45) is 1.25. The third kappa shape index (κ3) is 2.58. The van der Waals surface area contributed by atoms with Crippen molar-refractivity contribution in [2.45, 2.75) is 13.5 Å². The first-order valence-electron chi connectivity index (χ1n) is 6.15. The molecule has 0 atom stereocenters. The van der Waals surface area contributed by atoms with Gasteiger partial charge in [0.05, 0.1) is 10.3 Å². The average Bonchev–Trinajstić information content (AvgIpc) is 2.89. The van der Waals surface area contributed by atoms with E-state index in [4.69, 9.17) is 10.2 Å². The molecule has 0 unspecified atom stereocenters. The molecule has 0 bridgehead atoms. The van der Waals surface area contributed by atoms with E-state index >= 15 is 0 Å². The summed E-state index contributed by atoms with van der Waals surface area (Å²) in [5.41, 5.74) is -1.36. The lowest BCUT2D eigenvalue weighted by molar-refractivity contribution is -0.129. The second kappa shape index (κ2) is 5.98. The number of hydrogen-bond donors (Lipinski definition) is 2. The van der Waals surface area contributed by atoms with Gasteiger partial charge in [0.1, 0.15) is 17.5 Å². The summed E-state index contributed by atoms with van der Waals surface area (Å²) in [4.78, 5) is 39.7. The van der Waals surface area contributed by atoms with Crippen LogP contribution in [0.25, 0.3) is 10.2 Å². The Kier molecular flexibility index (Phi) is 4.27. The fourth-order valence-electron chi connectivity index (χ4n) is 1.96. The van der Waals surface area contributed by atoms with Gasteiger partial charge in [0, 0.05) is 12.7 Å². The number of carboxylic acids is 2. The smallest absolute Gasteiger partial charge is 0.359 e. The van der Waals surface area contributed by atoms with E-state index in [1.807, 2.05) is 0 Å². The number of oxime groups is 1. The number of aliphatic carboxylic acids is 1. The number of carbonyl (C=O) groups is 2. The number of rotatable bonds is 5. The number of thiophene rings is 1. The molecule has 0 saturated carbocycles. The largest absolute Gasteiger partial charge is 0.477 e. The zero-order valence-electron chi connectivity index (χ0n) is 11.7. The maximum atomic E-state index is 12.2. The molecule has 2 rings (SSSR count). The van der Waals surface area contributed by atoms with Crippen LogP contribution < -0.4 is 5.43 Å². The molecule has 0 fully saturated rings. The fraction of sp³-hybridized carbons (Fsp3) is 0.231. The number of aromatic carboxylic acids is 1. The van der Waals surface area contributed by atoms with E-state index in [1.54, 1.807) is 11.5 Å². The molecule has 2 N–H and O–H groups in total. The monoisotopic (exact) mass is 324 g/mol. The number of aromatic nitrogens is 1. The van der Waals surface area contributed by atoms with Gasteiger partial charge in [0.25, 0.3) is 0 Å². The molecule has 2 aromatic rings. The van der Waals surface area contributed by atoms with Crippen molar-refractivity contribution in [3.05, 3.63) is 32.9 Å². The highest BCUT2D eigenvalue weighted by atomic mass is 32.1. The van der Waals surface area contributed by atoms with Crippen molar-refractivity contribution < 1.29 is 24.6 Å². The van der Waals surface area contributed by atoms with Crippen LogP contribution in [0.5, 0.6) is 0 Å². The molecule has 0 saturated heterocycles. The summed E-state index contributed by atoms with van der Waals surface area (Å²) in [7, 11) is 1.21. The van der Waals surface area contributed by atoms with Crippen molar-refractivity contribution in [2.75, 3.05) is 7.11 Å². The molecule has 2 aromatic heterocycles. The van der Waals surface area contributed by atoms with Gasteiger partial charge in [0.2, 0.25) is 11.1 Å². The van der Waals surface area contributed by atoms with E-state index in [9.17, 15) is 14.4 Å². The van der Waals surface area contributed by atoms with E-state index in [0.29, 0.717) is 11.4 Å². The minimum atomic E-state index is -1.33. The van der Waals surface area contributed by atoms with Crippen LogP contribution in [0.3, 0.4) is 0 Å². The predicted molar refractivity (Wildman–Crippen MR) is 79.9 cm³/mol. The third-order valence-corrected chi connectivity index (χ3v) is 4.12. The summed E-state index contributed by atoms with van der Waals surface area (Å²) in [5, 5.41) is 21.8. The first kappa shape index (κ1) is 15.7. The van der Waals surface area contributed by atoms with Crippen molar-refractivity contribution in [2.24, 2.45) is 5.16 Å². The quantitative estimate of drug-likeness (QED) is 0.630. The summed E-state index contributed by atoms with van der Waals surface area (Å²) >= 11 is 1.04. The summed E-state index contributed by atoms with van der Waals surface area (Å²) < 4.78 is 1.58. The molecule has 0 amide bonds. The lowest BCUT2D eigenvalue weighted by atomic mass is 10.2. The van der Waals surface area contributed by atoms with Gasteiger partial charge in [0.15, 0.2) is 0 Å². The Bertz CT molecular complexity index is 848. The molecule has 0 radical (unpaired) electrons. The van der Waals surface area contributed by atoms with E-state index in [1.165, 1.54) is 19.4 Å². The average molecular weight is 324 g/mol. The highest BCUT2D eigenvalue weighted by Gasteiger charge is 2.21. The molecular weight excluding hydrogens is 312 g/mol. The first-order chi connectivity index (χ1) is 10.4. The lowest BCUT2D eigenvalue weighted by Gasteiger charge is -2.05. The molecule has 0 aliphatic carbocycles. The number of pyridine rings is 1. The Morgan fingerprint density at radius 1 is 1.41 bits per heavy atom. The summed E-state index contributed by atoms with van der Waals surface area (Å²) in [6, 6.07) is 1.33. The zero-order valence-corrected chi connectivity index (χ0v) is 12.5. The molecule has 0 aliphatic heterocycles. The lowest BCUT2D eigenvalue weighted by Crippen LogP contribution is -2.17. The molecule has 116 valence electrons. The van der Waals surface area contributed by atoms with Crippen molar-refractivity contribution in [3.8, 4) is 0 Å². The number of aryl methyl sites for hydroxylation is 1. The van der Waals surface area contributed by atoms with Crippen LogP contribution in [0.2, 0.25) is 0 Å². The van der Waals surface area contributed by atoms with Gasteiger partial charge in [-0.2, -0.15) is 0 Å². The van der Waals surface area contributed by atoms with Crippen LogP contribution in [0.1, 0.15) is 22.2 Å². The Morgan fingerprint density at radius 2 is 2.09 bits per heavy atom. The highest BCUT2D eigenvalue weighted by molar-refractivity contribution is 7.21.